The molecule has 7 heteroatoms. The van der Waals surface area contributed by atoms with E-state index in [1.54, 1.807) is 0 Å². The molecular formula is C18H20N4O3. The summed E-state index contributed by atoms with van der Waals surface area (Å²) in [6, 6.07) is 1.82. The van der Waals surface area contributed by atoms with Crippen LogP contribution in [0.25, 0.3) is 0 Å². The van der Waals surface area contributed by atoms with Crippen LogP contribution in [0.1, 0.15) is 24.2 Å². The van der Waals surface area contributed by atoms with Gasteiger partial charge in [0.05, 0.1) is 11.8 Å². The van der Waals surface area contributed by atoms with Gasteiger partial charge in [0.25, 0.3) is 0 Å². The molecule has 2 aliphatic carbocycles. The Kier molecular flexibility index (Phi) is 3.67. The summed E-state index contributed by atoms with van der Waals surface area (Å²) in [4.78, 5) is 46.9. The summed E-state index contributed by atoms with van der Waals surface area (Å²) in [7, 11) is 0. The topological polar surface area (TPSA) is 92.3 Å². The van der Waals surface area contributed by atoms with Gasteiger partial charge in [0.15, 0.2) is 0 Å². The van der Waals surface area contributed by atoms with Gasteiger partial charge in [0.1, 0.15) is 0 Å². The monoisotopic (exact) mass is 340 g/mol. The highest BCUT2D eigenvalue weighted by Gasteiger charge is 2.58. The third kappa shape index (κ3) is 2.63. The molecule has 1 aromatic heterocycles. The third-order valence-electron chi connectivity index (χ3n) is 5.36. The Morgan fingerprint density at radius 3 is 2.24 bits per heavy atom. The molecule has 7 nitrogen and oxygen atoms in total. The minimum Gasteiger partial charge on any atom is -0.294 e. The summed E-state index contributed by atoms with van der Waals surface area (Å²) in [5.74, 6) is -0.349. The van der Waals surface area contributed by atoms with Crippen LogP contribution in [-0.2, 0) is 14.4 Å². The summed E-state index contributed by atoms with van der Waals surface area (Å²) in [5, 5.41) is 2.63. The Morgan fingerprint density at radius 1 is 1.12 bits per heavy atom. The number of carbonyl (C=O) groups excluding carboxylic acids is 3. The predicted octanol–water partition coefficient (Wildman–Crippen LogP) is 1.23. The number of aromatic nitrogens is 2. The smallest absolute Gasteiger partial charge is 0.233 e. The summed E-state index contributed by atoms with van der Waals surface area (Å²) < 4.78 is 0. The first-order valence-electron chi connectivity index (χ1n) is 8.59. The van der Waals surface area contributed by atoms with Crippen molar-refractivity contribution >= 4 is 23.7 Å². The first-order chi connectivity index (χ1) is 11.9. The van der Waals surface area contributed by atoms with Crippen LogP contribution in [0.15, 0.2) is 18.2 Å². The van der Waals surface area contributed by atoms with E-state index >= 15 is 0 Å². The average molecular weight is 340 g/mol. The predicted molar refractivity (Wildman–Crippen MR) is 89.2 cm³/mol. The minimum atomic E-state index is -0.302. The van der Waals surface area contributed by atoms with E-state index in [2.05, 4.69) is 27.4 Å². The van der Waals surface area contributed by atoms with Crippen LogP contribution in [-0.4, -0.2) is 39.1 Å². The van der Waals surface area contributed by atoms with E-state index in [4.69, 9.17) is 0 Å². The van der Waals surface area contributed by atoms with Crippen molar-refractivity contribution in [2.24, 2.45) is 23.7 Å². The Bertz CT molecular complexity index is 753. The van der Waals surface area contributed by atoms with Gasteiger partial charge in [-0.3, -0.25) is 24.6 Å². The van der Waals surface area contributed by atoms with Crippen LogP contribution in [0.3, 0.4) is 0 Å². The SMILES string of the molecule is Cc1cc(C)nc(NC(=O)CCN2C(=O)C3C4C=CC(C4)C3C2=O)n1. The fourth-order valence-electron chi connectivity index (χ4n) is 4.37. The maximum Gasteiger partial charge on any atom is 0.233 e. The number of rotatable bonds is 4. The number of aryl methyl sites for hydroxylation is 2. The van der Waals surface area contributed by atoms with Crippen LogP contribution in [0, 0.1) is 37.5 Å². The molecule has 2 heterocycles. The average Bonchev–Trinajstić information content (AvgIpc) is 3.19. The molecule has 2 bridgehead atoms. The van der Waals surface area contributed by atoms with Crippen molar-refractivity contribution in [1.29, 1.82) is 0 Å². The van der Waals surface area contributed by atoms with Gasteiger partial charge in [-0.2, -0.15) is 0 Å². The second kappa shape index (κ2) is 5.75. The van der Waals surface area contributed by atoms with Crippen molar-refractivity contribution in [3.63, 3.8) is 0 Å². The van der Waals surface area contributed by atoms with Gasteiger partial charge in [-0.15, -0.1) is 0 Å². The molecule has 25 heavy (non-hydrogen) atoms. The standard InChI is InChI=1S/C18H20N4O3/c1-9-7-10(2)20-18(19-9)21-13(23)5-6-22-16(24)14-11-3-4-12(8-11)15(14)17(22)25/h3-4,7,11-12,14-15H,5-6,8H2,1-2H3,(H,19,20,21,23). The van der Waals surface area contributed by atoms with Crippen molar-refractivity contribution in [2.45, 2.75) is 26.7 Å². The number of hydrogen-bond acceptors (Lipinski definition) is 5. The molecule has 1 N–H and O–H groups in total. The van der Waals surface area contributed by atoms with E-state index in [1.165, 1.54) is 4.90 Å². The molecule has 4 rings (SSSR count). The first kappa shape index (κ1) is 15.9. The number of amides is 3. The molecule has 0 spiro atoms. The lowest BCUT2D eigenvalue weighted by atomic mass is 9.85. The molecule has 4 unspecified atom stereocenters. The maximum absolute atomic E-state index is 12.6. The van der Waals surface area contributed by atoms with Gasteiger partial charge in [-0.25, -0.2) is 9.97 Å². The number of nitrogens with one attached hydrogen (secondary N) is 1. The zero-order valence-corrected chi connectivity index (χ0v) is 14.2. The molecule has 4 atom stereocenters. The van der Waals surface area contributed by atoms with Gasteiger partial charge in [-0.05, 0) is 38.2 Å². The lowest BCUT2D eigenvalue weighted by Gasteiger charge is -2.16. The lowest BCUT2D eigenvalue weighted by Crippen LogP contribution is -2.35. The molecule has 1 aromatic rings. The molecular weight excluding hydrogens is 320 g/mol. The first-order valence-corrected chi connectivity index (χ1v) is 8.59. The molecule has 0 radical (unpaired) electrons. The van der Waals surface area contributed by atoms with Crippen molar-refractivity contribution < 1.29 is 14.4 Å². The van der Waals surface area contributed by atoms with Crippen molar-refractivity contribution in [1.82, 2.24) is 14.9 Å². The van der Waals surface area contributed by atoms with E-state index in [1.807, 2.05) is 19.9 Å². The highest BCUT2D eigenvalue weighted by atomic mass is 16.2. The van der Waals surface area contributed by atoms with Crippen molar-refractivity contribution in [3.05, 3.63) is 29.6 Å². The third-order valence-corrected chi connectivity index (χ3v) is 5.36. The van der Waals surface area contributed by atoms with Crippen molar-refractivity contribution in [2.75, 3.05) is 11.9 Å². The minimum absolute atomic E-state index is 0.0516. The fraction of sp³-hybridized carbons (Fsp3) is 0.500. The Hall–Kier alpha value is -2.57. The van der Waals surface area contributed by atoms with E-state index in [0.717, 1.165) is 17.8 Å². The second-order valence-electron chi connectivity index (χ2n) is 7.10. The summed E-state index contributed by atoms with van der Waals surface area (Å²) >= 11 is 0. The molecule has 2 fully saturated rings. The lowest BCUT2D eigenvalue weighted by molar-refractivity contribution is -0.140. The van der Waals surface area contributed by atoms with Crippen LogP contribution < -0.4 is 5.32 Å². The zero-order chi connectivity index (χ0) is 17.7. The van der Waals surface area contributed by atoms with Crippen LogP contribution in [0.5, 0.6) is 0 Å². The summed E-state index contributed by atoms with van der Waals surface area (Å²) in [6.07, 6.45) is 5.08. The number of nitrogens with zero attached hydrogens (tertiary/aromatic N) is 3. The van der Waals surface area contributed by atoms with E-state index in [0.29, 0.717) is 0 Å². The van der Waals surface area contributed by atoms with Gasteiger partial charge < -0.3 is 0 Å². The molecule has 0 aromatic carbocycles. The van der Waals surface area contributed by atoms with E-state index < -0.39 is 0 Å². The number of carbonyl (C=O) groups is 3. The zero-order valence-electron chi connectivity index (χ0n) is 14.2. The van der Waals surface area contributed by atoms with E-state index in [9.17, 15) is 14.4 Å². The van der Waals surface area contributed by atoms with Gasteiger partial charge in [0, 0.05) is 24.4 Å². The van der Waals surface area contributed by atoms with Gasteiger partial charge in [0.2, 0.25) is 23.7 Å². The number of allylic oxidation sites excluding steroid dienone is 2. The van der Waals surface area contributed by atoms with Crippen molar-refractivity contribution in [3.8, 4) is 0 Å². The Morgan fingerprint density at radius 2 is 1.68 bits per heavy atom. The Labute approximate surface area is 145 Å². The van der Waals surface area contributed by atoms with Gasteiger partial charge in [-0.1, -0.05) is 12.2 Å². The second-order valence-corrected chi connectivity index (χ2v) is 7.10. The number of hydrogen-bond donors (Lipinski definition) is 1. The number of fused-ring (bicyclic) bond motifs is 5. The van der Waals surface area contributed by atoms with Crippen LogP contribution in [0.2, 0.25) is 0 Å². The highest BCUT2D eigenvalue weighted by molar-refractivity contribution is 6.06. The normalized spacial score (nSPS) is 29.4. The molecule has 1 aliphatic heterocycles. The highest BCUT2D eigenvalue weighted by Crippen LogP contribution is 2.52. The summed E-state index contributed by atoms with van der Waals surface area (Å²) in [6.45, 7) is 3.76. The number of imide groups is 1. The summed E-state index contributed by atoms with van der Waals surface area (Å²) in [5.41, 5.74) is 1.53. The molecule has 1 saturated heterocycles. The van der Waals surface area contributed by atoms with Crippen LogP contribution >= 0.6 is 0 Å². The largest absolute Gasteiger partial charge is 0.294 e. The Balaban J connectivity index is 1.38. The number of anilines is 1. The number of likely N-dealkylation sites (tertiary alicyclic amines) is 1. The van der Waals surface area contributed by atoms with E-state index in [-0.39, 0.29) is 60.3 Å². The fourth-order valence-corrected chi connectivity index (χ4v) is 4.37. The molecule has 1 saturated carbocycles. The quantitative estimate of drug-likeness (QED) is 0.657. The maximum atomic E-state index is 12.6. The molecule has 3 aliphatic rings. The molecule has 130 valence electrons. The molecule has 3 amide bonds. The van der Waals surface area contributed by atoms with Gasteiger partial charge >= 0.3 is 0 Å². The van der Waals surface area contributed by atoms with Crippen LogP contribution in [0.4, 0.5) is 5.95 Å².